The molecule has 1 fully saturated rings. The van der Waals surface area contributed by atoms with Gasteiger partial charge < -0.3 is 9.47 Å². The topological polar surface area (TPSA) is 72.9 Å². The van der Waals surface area contributed by atoms with Gasteiger partial charge in [-0.1, -0.05) is 72.3 Å². The van der Waals surface area contributed by atoms with E-state index in [2.05, 4.69) is 0 Å². The first kappa shape index (κ1) is 24.2. The van der Waals surface area contributed by atoms with Crippen molar-refractivity contribution in [3.05, 3.63) is 77.4 Å². The molecule has 0 aromatic heterocycles. The van der Waals surface area contributed by atoms with Crippen LogP contribution in [0.4, 0.5) is 4.79 Å². The van der Waals surface area contributed by atoms with Gasteiger partial charge in [-0.3, -0.25) is 4.79 Å². The van der Waals surface area contributed by atoms with E-state index in [1.807, 2.05) is 73.7 Å². The number of allylic oxidation sites excluding steroid dienone is 1. The molecule has 2 aromatic rings. The number of imide groups is 1. The molecular formula is C27H31NO5. The van der Waals surface area contributed by atoms with Crippen molar-refractivity contribution in [2.24, 2.45) is 5.92 Å². The Labute approximate surface area is 195 Å². The van der Waals surface area contributed by atoms with Crippen molar-refractivity contribution in [3.8, 4) is 0 Å². The standard InChI is InChI=1S/C27H31NO5/c1-19-13-15-20(16-14-19)11-8-12-22-17-23(25(30)32-18-21-9-6-5-7-10-21)28(24(22)29)26(31)33-27(2,3)4/h5-11,13-16,22-23H,12,17-18H2,1-4H3/b11-8+/t22-,23+/m1/s1. The first-order chi connectivity index (χ1) is 15.6. The molecule has 0 aliphatic carbocycles. The summed E-state index contributed by atoms with van der Waals surface area (Å²) < 4.78 is 10.9. The van der Waals surface area contributed by atoms with Gasteiger partial charge >= 0.3 is 12.1 Å². The lowest BCUT2D eigenvalue weighted by Gasteiger charge is -2.26. The highest BCUT2D eigenvalue weighted by Gasteiger charge is 2.48. The monoisotopic (exact) mass is 449 g/mol. The van der Waals surface area contributed by atoms with Gasteiger partial charge in [0.2, 0.25) is 5.91 Å². The summed E-state index contributed by atoms with van der Waals surface area (Å²) >= 11 is 0. The Balaban J connectivity index is 1.72. The molecule has 0 bridgehead atoms. The van der Waals surface area contributed by atoms with Crippen molar-refractivity contribution in [1.82, 2.24) is 4.90 Å². The third-order valence-electron chi connectivity index (χ3n) is 5.30. The van der Waals surface area contributed by atoms with Crippen molar-refractivity contribution in [2.45, 2.75) is 58.8 Å². The number of carbonyl (C=O) groups excluding carboxylic acids is 3. The number of benzene rings is 2. The van der Waals surface area contributed by atoms with Crippen LogP contribution in [0.15, 0.2) is 60.7 Å². The SMILES string of the molecule is Cc1ccc(/C=C/C[C@@H]2C[C@@H](C(=O)OCc3ccccc3)N(C(=O)OC(C)(C)C)C2=O)cc1. The van der Waals surface area contributed by atoms with Gasteiger partial charge in [0.1, 0.15) is 18.2 Å². The van der Waals surface area contributed by atoms with E-state index in [1.165, 1.54) is 5.56 Å². The summed E-state index contributed by atoms with van der Waals surface area (Å²) in [6.07, 6.45) is 3.63. The van der Waals surface area contributed by atoms with Crippen LogP contribution in [0.5, 0.6) is 0 Å². The molecule has 6 nitrogen and oxygen atoms in total. The van der Waals surface area contributed by atoms with Crippen molar-refractivity contribution in [1.29, 1.82) is 0 Å². The summed E-state index contributed by atoms with van der Waals surface area (Å²) in [4.78, 5) is 39.7. The largest absolute Gasteiger partial charge is 0.459 e. The average Bonchev–Trinajstić information content (AvgIpc) is 3.09. The second kappa shape index (κ2) is 10.5. The van der Waals surface area contributed by atoms with Gasteiger partial charge in [-0.25, -0.2) is 14.5 Å². The van der Waals surface area contributed by atoms with Gasteiger partial charge in [0.15, 0.2) is 0 Å². The molecule has 3 rings (SSSR count). The molecule has 0 radical (unpaired) electrons. The Morgan fingerprint density at radius 3 is 2.36 bits per heavy atom. The molecule has 174 valence electrons. The predicted octanol–water partition coefficient (Wildman–Crippen LogP) is 5.29. The van der Waals surface area contributed by atoms with Crippen LogP contribution >= 0.6 is 0 Å². The molecule has 1 heterocycles. The number of aryl methyl sites for hydroxylation is 1. The summed E-state index contributed by atoms with van der Waals surface area (Å²) in [5.74, 6) is -1.53. The number of carbonyl (C=O) groups is 3. The quantitative estimate of drug-likeness (QED) is 0.560. The fourth-order valence-electron chi connectivity index (χ4n) is 3.62. The molecule has 2 amide bonds. The minimum Gasteiger partial charge on any atom is -0.459 e. The van der Waals surface area contributed by atoms with E-state index in [4.69, 9.17) is 9.47 Å². The van der Waals surface area contributed by atoms with Gasteiger partial charge in [0, 0.05) is 5.92 Å². The van der Waals surface area contributed by atoms with E-state index in [0.29, 0.717) is 6.42 Å². The van der Waals surface area contributed by atoms with E-state index in [0.717, 1.165) is 16.0 Å². The van der Waals surface area contributed by atoms with Crippen LogP contribution in [-0.4, -0.2) is 34.5 Å². The van der Waals surface area contributed by atoms with E-state index in [1.54, 1.807) is 20.8 Å². The fourth-order valence-corrected chi connectivity index (χ4v) is 3.62. The normalized spacial score (nSPS) is 18.5. The zero-order valence-electron chi connectivity index (χ0n) is 19.6. The Kier molecular flexibility index (Phi) is 7.69. The number of rotatable bonds is 6. The number of likely N-dealkylation sites (tertiary alicyclic amines) is 1. The third-order valence-corrected chi connectivity index (χ3v) is 5.30. The van der Waals surface area contributed by atoms with E-state index >= 15 is 0 Å². The maximum absolute atomic E-state index is 13.1. The zero-order valence-corrected chi connectivity index (χ0v) is 19.6. The van der Waals surface area contributed by atoms with Crippen LogP contribution in [0.1, 0.15) is 50.3 Å². The summed E-state index contributed by atoms with van der Waals surface area (Å²) in [6, 6.07) is 16.3. The van der Waals surface area contributed by atoms with Gasteiger partial charge in [0.05, 0.1) is 0 Å². The Hall–Kier alpha value is -3.41. The van der Waals surface area contributed by atoms with Crippen LogP contribution in [0, 0.1) is 12.8 Å². The molecule has 0 spiro atoms. The Morgan fingerprint density at radius 1 is 1.06 bits per heavy atom. The molecule has 0 unspecified atom stereocenters. The smallest absolute Gasteiger partial charge is 0.417 e. The zero-order chi connectivity index (χ0) is 24.0. The molecule has 6 heteroatoms. The highest BCUT2D eigenvalue weighted by molar-refractivity contribution is 6.00. The number of hydrogen-bond donors (Lipinski definition) is 0. The second-order valence-electron chi connectivity index (χ2n) is 9.28. The highest BCUT2D eigenvalue weighted by atomic mass is 16.6. The van der Waals surface area contributed by atoms with Crippen molar-refractivity contribution < 1.29 is 23.9 Å². The summed E-state index contributed by atoms with van der Waals surface area (Å²) in [5, 5.41) is 0. The van der Waals surface area contributed by atoms with Crippen molar-refractivity contribution >= 4 is 24.0 Å². The van der Waals surface area contributed by atoms with Gasteiger partial charge in [-0.2, -0.15) is 0 Å². The number of ether oxygens (including phenoxy) is 2. The maximum Gasteiger partial charge on any atom is 0.417 e. The number of esters is 1. The number of amides is 2. The number of nitrogens with zero attached hydrogens (tertiary/aromatic N) is 1. The minimum atomic E-state index is -1.01. The summed E-state index contributed by atoms with van der Waals surface area (Å²) in [6.45, 7) is 7.25. The molecule has 2 atom stereocenters. The molecular weight excluding hydrogens is 418 g/mol. The lowest BCUT2D eigenvalue weighted by atomic mass is 10.0. The lowest BCUT2D eigenvalue weighted by Crippen LogP contribution is -2.46. The van der Waals surface area contributed by atoms with Crippen molar-refractivity contribution in [2.75, 3.05) is 0 Å². The molecule has 1 aliphatic rings. The molecule has 0 N–H and O–H groups in total. The first-order valence-electron chi connectivity index (χ1n) is 11.1. The van der Waals surface area contributed by atoms with E-state index < -0.39 is 35.5 Å². The lowest BCUT2D eigenvalue weighted by molar-refractivity contribution is -0.152. The van der Waals surface area contributed by atoms with Gasteiger partial charge in [-0.05, 0) is 51.7 Å². The third kappa shape index (κ3) is 6.78. The van der Waals surface area contributed by atoms with Crippen molar-refractivity contribution in [3.63, 3.8) is 0 Å². The van der Waals surface area contributed by atoms with E-state index in [9.17, 15) is 14.4 Å². The highest BCUT2D eigenvalue weighted by Crippen LogP contribution is 2.30. The van der Waals surface area contributed by atoms with Crippen LogP contribution in [0.25, 0.3) is 6.08 Å². The van der Waals surface area contributed by atoms with Gasteiger partial charge in [-0.15, -0.1) is 0 Å². The summed E-state index contributed by atoms with van der Waals surface area (Å²) in [5.41, 5.74) is 2.23. The number of hydrogen-bond acceptors (Lipinski definition) is 5. The fraction of sp³-hybridized carbons (Fsp3) is 0.370. The molecule has 1 aliphatic heterocycles. The maximum atomic E-state index is 13.1. The average molecular weight is 450 g/mol. The predicted molar refractivity (Wildman–Crippen MR) is 126 cm³/mol. The Bertz CT molecular complexity index is 1010. The molecule has 1 saturated heterocycles. The van der Waals surface area contributed by atoms with Crippen LogP contribution in [0.3, 0.4) is 0 Å². The molecule has 33 heavy (non-hydrogen) atoms. The minimum absolute atomic E-state index is 0.0739. The molecule has 2 aromatic carbocycles. The Morgan fingerprint density at radius 2 is 1.73 bits per heavy atom. The van der Waals surface area contributed by atoms with E-state index in [-0.39, 0.29) is 13.0 Å². The van der Waals surface area contributed by atoms with Gasteiger partial charge in [0.25, 0.3) is 0 Å². The van der Waals surface area contributed by atoms with Crippen LogP contribution in [0.2, 0.25) is 0 Å². The van der Waals surface area contributed by atoms with Crippen LogP contribution in [-0.2, 0) is 25.7 Å². The summed E-state index contributed by atoms with van der Waals surface area (Å²) in [7, 11) is 0. The van der Waals surface area contributed by atoms with Crippen LogP contribution < -0.4 is 0 Å². The second-order valence-corrected chi connectivity index (χ2v) is 9.28. The molecule has 0 saturated carbocycles. The first-order valence-corrected chi connectivity index (χ1v) is 11.1.